The number of nitrogens with one attached hydrogen (secondary N) is 2. The highest BCUT2D eigenvalue weighted by Gasteiger charge is 2.54. The zero-order valence-electron chi connectivity index (χ0n) is 23.9. The predicted molar refractivity (Wildman–Crippen MR) is 162 cm³/mol. The van der Waals surface area contributed by atoms with Gasteiger partial charge in [-0.15, -0.1) is 11.8 Å². The Balaban J connectivity index is 1.27. The number of carboxylic acids is 1. The van der Waals surface area contributed by atoms with Crippen molar-refractivity contribution in [1.82, 2.24) is 25.2 Å². The van der Waals surface area contributed by atoms with Crippen LogP contribution in [0.15, 0.2) is 53.2 Å². The number of carbonyl (C=O) groups excluding carboxylic acids is 1. The molecule has 3 aromatic rings. The molecule has 6 rings (SSSR count). The summed E-state index contributed by atoms with van der Waals surface area (Å²) in [5.74, 6) is 0.262. The maximum absolute atomic E-state index is 13.3. The van der Waals surface area contributed by atoms with E-state index in [2.05, 4.69) is 34.0 Å². The monoisotopic (exact) mass is 573 g/mol. The number of thioether (sulfide) groups is 1. The van der Waals surface area contributed by atoms with Gasteiger partial charge in [-0.2, -0.15) is 0 Å². The zero-order valence-corrected chi connectivity index (χ0v) is 24.7. The summed E-state index contributed by atoms with van der Waals surface area (Å²) in [7, 11) is 0. The summed E-state index contributed by atoms with van der Waals surface area (Å²) in [5.41, 5.74) is 3.91. The summed E-state index contributed by atoms with van der Waals surface area (Å²) >= 11 is 1.55. The number of benzene rings is 1. The number of rotatable bonds is 9. The van der Waals surface area contributed by atoms with E-state index in [-0.39, 0.29) is 17.1 Å². The smallest absolute Gasteiger partial charge is 0.326 e. The Hall–Kier alpha value is -3.17. The Labute approximate surface area is 245 Å². The third-order valence-corrected chi connectivity index (χ3v) is 9.82. The van der Waals surface area contributed by atoms with Crippen LogP contribution in [-0.4, -0.2) is 49.2 Å². The maximum atomic E-state index is 13.3. The third kappa shape index (κ3) is 5.30. The second-order valence-electron chi connectivity index (χ2n) is 11.9. The van der Waals surface area contributed by atoms with E-state index in [1.165, 1.54) is 6.42 Å². The average molecular weight is 574 g/mol. The maximum Gasteiger partial charge on any atom is 0.326 e. The van der Waals surface area contributed by atoms with Crippen LogP contribution < -0.4 is 10.6 Å². The molecule has 2 aliphatic carbocycles. The van der Waals surface area contributed by atoms with Gasteiger partial charge in [0.15, 0.2) is 11.4 Å². The molecule has 3 N–H and O–H groups in total. The van der Waals surface area contributed by atoms with E-state index in [0.29, 0.717) is 6.42 Å². The second-order valence-corrected chi connectivity index (χ2v) is 13.5. The minimum absolute atomic E-state index is 0.168. The van der Waals surface area contributed by atoms with Crippen molar-refractivity contribution in [2.75, 3.05) is 6.54 Å². The van der Waals surface area contributed by atoms with Crippen LogP contribution in [0.25, 0.3) is 16.9 Å². The van der Waals surface area contributed by atoms with Crippen LogP contribution in [0.4, 0.5) is 0 Å². The van der Waals surface area contributed by atoms with E-state index >= 15 is 0 Å². The number of carbonyl (C=O) groups is 2. The molecule has 0 amide bonds. The van der Waals surface area contributed by atoms with Crippen molar-refractivity contribution in [3.8, 4) is 5.69 Å². The highest BCUT2D eigenvalue weighted by molar-refractivity contribution is 8.04. The van der Waals surface area contributed by atoms with Crippen LogP contribution in [0.3, 0.4) is 0 Å². The number of hydrogen-bond acceptors (Lipinski definition) is 7. The van der Waals surface area contributed by atoms with Gasteiger partial charge < -0.3 is 15.7 Å². The molecule has 2 aromatic heterocycles. The fourth-order valence-electron chi connectivity index (χ4n) is 6.67. The number of nitrogens with zero attached hydrogens (tertiary/aromatic N) is 3. The van der Waals surface area contributed by atoms with Crippen molar-refractivity contribution >= 4 is 34.7 Å². The number of carboxylic acid groups (broad SMARTS) is 1. The quantitative estimate of drug-likeness (QED) is 0.299. The standard InChI is InChI=1S/C32H39N5O3S/c1-20(2)41-26-27(32(28(26)38)15-5-3-6-16-32)35-25(31(39)40)19-21-11-13-22(14-12-21)37-29-24(10-8-18-34-29)36-30(37)23-9-4-7-17-33-23/h8,10-14,18,20,23,25,33,35H,3-7,9,15-17,19H2,1-2H3,(H,39,40)/t23?,25-/m0/s1. The molecular formula is C32H39N5O3S. The number of aromatic nitrogens is 3. The van der Waals surface area contributed by atoms with Gasteiger partial charge in [-0.1, -0.05) is 51.7 Å². The number of imidazole rings is 1. The van der Waals surface area contributed by atoms with Gasteiger partial charge in [0.05, 0.1) is 16.4 Å². The van der Waals surface area contributed by atoms with Crippen molar-refractivity contribution in [2.45, 2.75) is 89.0 Å². The van der Waals surface area contributed by atoms with Gasteiger partial charge in [0, 0.05) is 29.3 Å². The number of fused-ring (bicyclic) bond motifs is 1. The molecule has 0 radical (unpaired) electrons. The highest BCUT2D eigenvalue weighted by Crippen LogP contribution is 2.55. The van der Waals surface area contributed by atoms with Gasteiger partial charge >= 0.3 is 5.97 Å². The zero-order chi connectivity index (χ0) is 28.6. The molecule has 41 heavy (non-hydrogen) atoms. The first-order chi connectivity index (χ1) is 19.9. The number of ketones is 1. The molecule has 216 valence electrons. The predicted octanol–water partition coefficient (Wildman–Crippen LogP) is 5.71. The van der Waals surface area contributed by atoms with E-state index in [1.807, 2.05) is 36.4 Å². The van der Waals surface area contributed by atoms with Crippen LogP contribution in [-0.2, 0) is 16.0 Å². The molecule has 2 atom stereocenters. The van der Waals surface area contributed by atoms with Crippen LogP contribution in [0.2, 0.25) is 0 Å². The van der Waals surface area contributed by atoms with Crippen LogP contribution in [0.1, 0.15) is 82.6 Å². The normalized spacial score (nSPS) is 21.3. The molecule has 2 fully saturated rings. The Kier molecular flexibility index (Phi) is 7.92. The molecule has 1 spiro atoms. The average Bonchev–Trinajstić information content (AvgIpc) is 3.39. The fraction of sp³-hybridized carbons (Fsp3) is 0.500. The number of allylic oxidation sites excluding steroid dienone is 2. The lowest BCUT2D eigenvalue weighted by Gasteiger charge is -2.47. The molecule has 3 aliphatic rings. The van der Waals surface area contributed by atoms with E-state index in [1.54, 1.807) is 18.0 Å². The SMILES string of the molecule is CC(C)SC1=C(N[C@@H](Cc2ccc(-n3c(C4CCCCN4)nc4cccnc43)cc2)C(=O)O)C2(CCCCC2)C1=O. The lowest BCUT2D eigenvalue weighted by molar-refractivity contribution is -0.140. The summed E-state index contributed by atoms with van der Waals surface area (Å²) in [5, 5.41) is 17.5. The molecule has 1 saturated carbocycles. The minimum Gasteiger partial charge on any atom is -0.480 e. The Morgan fingerprint density at radius 2 is 1.93 bits per heavy atom. The van der Waals surface area contributed by atoms with Gasteiger partial charge in [0.25, 0.3) is 0 Å². The van der Waals surface area contributed by atoms with Gasteiger partial charge in [-0.05, 0) is 62.1 Å². The Morgan fingerprint density at radius 3 is 2.61 bits per heavy atom. The van der Waals surface area contributed by atoms with Crippen LogP contribution in [0, 0.1) is 5.41 Å². The van der Waals surface area contributed by atoms with Crippen molar-refractivity contribution in [3.63, 3.8) is 0 Å². The summed E-state index contributed by atoms with van der Waals surface area (Å²) in [4.78, 5) is 36.1. The molecule has 1 saturated heterocycles. The molecule has 1 unspecified atom stereocenters. The van der Waals surface area contributed by atoms with E-state index in [9.17, 15) is 14.7 Å². The topological polar surface area (TPSA) is 109 Å². The summed E-state index contributed by atoms with van der Waals surface area (Å²) in [6.45, 7) is 5.11. The Bertz CT molecular complexity index is 1470. The third-order valence-electron chi connectivity index (χ3n) is 8.72. The first-order valence-electron chi connectivity index (χ1n) is 15.0. The lowest BCUT2D eigenvalue weighted by atomic mass is 9.62. The first kappa shape index (κ1) is 28.0. The Morgan fingerprint density at radius 1 is 1.15 bits per heavy atom. The van der Waals surface area contributed by atoms with Crippen molar-refractivity contribution in [2.24, 2.45) is 5.41 Å². The largest absolute Gasteiger partial charge is 0.480 e. The van der Waals surface area contributed by atoms with Crippen LogP contribution in [0.5, 0.6) is 0 Å². The van der Waals surface area contributed by atoms with Gasteiger partial charge in [-0.3, -0.25) is 9.36 Å². The number of Topliss-reactive ketones (excluding diaryl/α,β-unsaturated/α-hetero) is 1. The molecule has 3 heterocycles. The molecule has 1 aliphatic heterocycles. The van der Waals surface area contributed by atoms with Crippen molar-refractivity contribution in [1.29, 1.82) is 0 Å². The number of pyridine rings is 1. The fourth-order valence-corrected chi connectivity index (χ4v) is 7.81. The molecular weight excluding hydrogens is 534 g/mol. The first-order valence-corrected chi connectivity index (χ1v) is 15.9. The van der Waals surface area contributed by atoms with E-state index in [4.69, 9.17) is 4.98 Å². The molecule has 8 nitrogen and oxygen atoms in total. The van der Waals surface area contributed by atoms with Crippen molar-refractivity contribution in [3.05, 3.63) is 64.6 Å². The van der Waals surface area contributed by atoms with Crippen LogP contribution >= 0.6 is 11.8 Å². The minimum atomic E-state index is -0.906. The highest BCUT2D eigenvalue weighted by atomic mass is 32.2. The summed E-state index contributed by atoms with van der Waals surface area (Å²) in [6, 6.07) is 11.3. The molecule has 9 heteroatoms. The molecule has 0 bridgehead atoms. The van der Waals surface area contributed by atoms with Crippen molar-refractivity contribution < 1.29 is 14.7 Å². The van der Waals surface area contributed by atoms with Gasteiger partial charge in [-0.25, -0.2) is 14.8 Å². The number of aliphatic carboxylic acids is 1. The van der Waals surface area contributed by atoms with E-state index in [0.717, 1.165) is 90.3 Å². The summed E-state index contributed by atoms with van der Waals surface area (Å²) in [6.07, 6.45) is 10.2. The number of hydrogen-bond donors (Lipinski definition) is 3. The lowest BCUT2D eigenvalue weighted by Crippen LogP contribution is -2.54. The van der Waals surface area contributed by atoms with Gasteiger partial charge in [0.2, 0.25) is 0 Å². The molecule has 1 aromatic carbocycles. The summed E-state index contributed by atoms with van der Waals surface area (Å²) < 4.78 is 2.13. The van der Waals surface area contributed by atoms with Gasteiger partial charge in [0.1, 0.15) is 17.4 Å². The van der Waals surface area contributed by atoms with E-state index < -0.39 is 17.4 Å². The second kappa shape index (κ2) is 11.6. The number of piperidine rings is 1.